The van der Waals surface area contributed by atoms with Crippen LogP contribution in [0.5, 0.6) is 5.75 Å². The Labute approximate surface area is 107 Å². The Hall–Kier alpha value is -1.13. The van der Waals surface area contributed by atoms with Gasteiger partial charge in [-0.15, -0.1) is 0 Å². The van der Waals surface area contributed by atoms with Crippen molar-refractivity contribution in [3.05, 3.63) is 30.1 Å². The molecular formula is C14H20FNO2. The van der Waals surface area contributed by atoms with E-state index in [0.717, 1.165) is 26.0 Å². The lowest BCUT2D eigenvalue weighted by atomic mass is 10.1. The van der Waals surface area contributed by atoms with E-state index in [9.17, 15) is 4.39 Å². The maximum absolute atomic E-state index is 13.5. The Balaban J connectivity index is 1.98. The van der Waals surface area contributed by atoms with E-state index in [1.807, 2.05) is 0 Å². The third-order valence-electron chi connectivity index (χ3n) is 3.08. The molecule has 1 fully saturated rings. The zero-order chi connectivity index (χ0) is 12.8. The monoisotopic (exact) mass is 253 g/mol. The van der Waals surface area contributed by atoms with Crippen molar-refractivity contribution < 1.29 is 13.9 Å². The fourth-order valence-corrected chi connectivity index (χ4v) is 2.09. The van der Waals surface area contributed by atoms with Crippen LogP contribution in [-0.4, -0.2) is 31.9 Å². The van der Waals surface area contributed by atoms with E-state index in [0.29, 0.717) is 12.4 Å². The highest BCUT2D eigenvalue weighted by molar-refractivity contribution is 5.24. The summed E-state index contributed by atoms with van der Waals surface area (Å²) in [5.41, 5.74) is 0. The standard InChI is InChI=1S/C14H20FNO2/c1-2-8-16-12-7-9-17-10-14(12)18-13-6-4-3-5-11(13)15/h3-6,12,14,16H,2,7-10H2,1H3. The van der Waals surface area contributed by atoms with Crippen molar-refractivity contribution in [3.63, 3.8) is 0 Å². The van der Waals surface area contributed by atoms with Gasteiger partial charge in [0.2, 0.25) is 0 Å². The first-order valence-electron chi connectivity index (χ1n) is 6.53. The van der Waals surface area contributed by atoms with Crippen LogP contribution in [0, 0.1) is 5.82 Å². The highest BCUT2D eigenvalue weighted by Gasteiger charge is 2.27. The molecule has 0 amide bonds. The fourth-order valence-electron chi connectivity index (χ4n) is 2.09. The number of hydrogen-bond acceptors (Lipinski definition) is 3. The van der Waals surface area contributed by atoms with Crippen LogP contribution in [0.3, 0.4) is 0 Å². The van der Waals surface area contributed by atoms with Crippen LogP contribution < -0.4 is 10.1 Å². The molecule has 2 unspecified atom stereocenters. The first-order valence-corrected chi connectivity index (χ1v) is 6.53. The minimum absolute atomic E-state index is 0.123. The average molecular weight is 253 g/mol. The van der Waals surface area contributed by atoms with Gasteiger partial charge < -0.3 is 14.8 Å². The second-order valence-corrected chi connectivity index (χ2v) is 4.51. The minimum atomic E-state index is -0.322. The van der Waals surface area contributed by atoms with Gasteiger partial charge in [0.25, 0.3) is 0 Å². The van der Waals surface area contributed by atoms with Gasteiger partial charge in [-0.1, -0.05) is 19.1 Å². The van der Waals surface area contributed by atoms with Gasteiger partial charge in [0.15, 0.2) is 11.6 Å². The van der Waals surface area contributed by atoms with E-state index in [-0.39, 0.29) is 18.0 Å². The molecule has 100 valence electrons. The number of nitrogens with one attached hydrogen (secondary N) is 1. The van der Waals surface area contributed by atoms with Gasteiger partial charge >= 0.3 is 0 Å². The Morgan fingerprint density at radius 3 is 3.06 bits per heavy atom. The number of rotatable bonds is 5. The number of halogens is 1. The zero-order valence-electron chi connectivity index (χ0n) is 10.7. The van der Waals surface area contributed by atoms with E-state index in [2.05, 4.69) is 12.2 Å². The van der Waals surface area contributed by atoms with Crippen LogP contribution in [0.15, 0.2) is 24.3 Å². The molecule has 0 bridgehead atoms. The molecular weight excluding hydrogens is 233 g/mol. The van der Waals surface area contributed by atoms with E-state index in [1.165, 1.54) is 6.07 Å². The van der Waals surface area contributed by atoms with Gasteiger partial charge in [0.05, 0.1) is 6.61 Å². The van der Waals surface area contributed by atoms with E-state index in [4.69, 9.17) is 9.47 Å². The maximum Gasteiger partial charge on any atom is 0.165 e. The van der Waals surface area contributed by atoms with Crippen LogP contribution in [-0.2, 0) is 4.74 Å². The van der Waals surface area contributed by atoms with Crippen molar-refractivity contribution >= 4 is 0 Å². The van der Waals surface area contributed by atoms with Crippen molar-refractivity contribution in [1.82, 2.24) is 5.32 Å². The molecule has 1 aliphatic rings. The highest BCUT2D eigenvalue weighted by atomic mass is 19.1. The lowest BCUT2D eigenvalue weighted by Gasteiger charge is -2.32. The summed E-state index contributed by atoms with van der Waals surface area (Å²) in [7, 11) is 0. The SMILES string of the molecule is CCCNC1CCOCC1Oc1ccccc1F. The molecule has 4 heteroatoms. The molecule has 1 aromatic carbocycles. The summed E-state index contributed by atoms with van der Waals surface area (Å²) in [5.74, 6) is -0.0198. The molecule has 0 aliphatic carbocycles. The Kier molecular flexibility index (Phi) is 4.96. The predicted molar refractivity (Wildman–Crippen MR) is 68.3 cm³/mol. The second kappa shape index (κ2) is 6.71. The zero-order valence-corrected chi connectivity index (χ0v) is 10.7. The Morgan fingerprint density at radius 2 is 2.28 bits per heavy atom. The molecule has 1 heterocycles. The largest absolute Gasteiger partial charge is 0.483 e. The van der Waals surface area contributed by atoms with Crippen molar-refractivity contribution in [2.24, 2.45) is 0 Å². The van der Waals surface area contributed by atoms with Crippen molar-refractivity contribution in [3.8, 4) is 5.75 Å². The molecule has 1 aromatic rings. The first kappa shape index (κ1) is 13.3. The van der Waals surface area contributed by atoms with Gasteiger partial charge in [-0.2, -0.15) is 0 Å². The van der Waals surface area contributed by atoms with Crippen molar-refractivity contribution in [2.45, 2.75) is 31.9 Å². The molecule has 1 aliphatic heterocycles. The fraction of sp³-hybridized carbons (Fsp3) is 0.571. The molecule has 3 nitrogen and oxygen atoms in total. The molecule has 2 rings (SSSR count). The summed E-state index contributed by atoms with van der Waals surface area (Å²) in [4.78, 5) is 0. The van der Waals surface area contributed by atoms with Gasteiger partial charge in [0.1, 0.15) is 6.10 Å². The lowest BCUT2D eigenvalue weighted by molar-refractivity contribution is -0.0160. The molecule has 1 N–H and O–H groups in total. The Bertz CT molecular complexity index is 373. The van der Waals surface area contributed by atoms with Crippen molar-refractivity contribution in [2.75, 3.05) is 19.8 Å². The maximum atomic E-state index is 13.5. The number of benzene rings is 1. The van der Waals surface area contributed by atoms with Gasteiger partial charge in [-0.3, -0.25) is 0 Å². The van der Waals surface area contributed by atoms with Crippen LogP contribution in [0.4, 0.5) is 4.39 Å². The topological polar surface area (TPSA) is 30.5 Å². The third kappa shape index (κ3) is 3.43. The molecule has 0 spiro atoms. The Morgan fingerprint density at radius 1 is 1.44 bits per heavy atom. The quantitative estimate of drug-likeness (QED) is 0.874. The van der Waals surface area contributed by atoms with Gasteiger partial charge in [-0.05, 0) is 31.5 Å². The number of para-hydroxylation sites is 1. The summed E-state index contributed by atoms with van der Waals surface area (Å²) in [5, 5.41) is 3.43. The van der Waals surface area contributed by atoms with Crippen LogP contribution in [0.25, 0.3) is 0 Å². The molecule has 0 aromatic heterocycles. The average Bonchev–Trinajstić information content (AvgIpc) is 2.40. The number of ether oxygens (including phenoxy) is 2. The normalized spacial score (nSPS) is 23.9. The lowest BCUT2D eigenvalue weighted by Crippen LogP contribution is -2.49. The molecule has 1 saturated heterocycles. The van der Waals surface area contributed by atoms with Crippen LogP contribution >= 0.6 is 0 Å². The number of hydrogen-bond donors (Lipinski definition) is 1. The predicted octanol–water partition coefficient (Wildman–Crippen LogP) is 2.36. The van der Waals surface area contributed by atoms with Crippen LogP contribution in [0.2, 0.25) is 0 Å². The van der Waals surface area contributed by atoms with Gasteiger partial charge in [0, 0.05) is 12.6 Å². The summed E-state index contributed by atoms with van der Waals surface area (Å²) < 4.78 is 24.7. The van der Waals surface area contributed by atoms with E-state index < -0.39 is 0 Å². The van der Waals surface area contributed by atoms with Crippen LogP contribution in [0.1, 0.15) is 19.8 Å². The van der Waals surface area contributed by atoms with Crippen molar-refractivity contribution in [1.29, 1.82) is 0 Å². The summed E-state index contributed by atoms with van der Waals surface area (Å²) in [6, 6.07) is 6.73. The first-order chi connectivity index (χ1) is 8.81. The minimum Gasteiger partial charge on any atom is -0.483 e. The summed E-state index contributed by atoms with van der Waals surface area (Å²) >= 11 is 0. The van der Waals surface area contributed by atoms with E-state index >= 15 is 0 Å². The van der Waals surface area contributed by atoms with Gasteiger partial charge in [-0.25, -0.2) is 4.39 Å². The molecule has 0 radical (unpaired) electrons. The summed E-state index contributed by atoms with van der Waals surface area (Å²) in [6.07, 6.45) is 1.85. The van der Waals surface area contributed by atoms with E-state index in [1.54, 1.807) is 18.2 Å². The second-order valence-electron chi connectivity index (χ2n) is 4.51. The molecule has 2 atom stereocenters. The third-order valence-corrected chi connectivity index (χ3v) is 3.08. The molecule has 18 heavy (non-hydrogen) atoms. The summed E-state index contributed by atoms with van der Waals surface area (Å²) in [6.45, 7) is 4.31. The smallest absolute Gasteiger partial charge is 0.165 e. The molecule has 0 saturated carbocycles. The highest BCUT2D eigenvalue weighted by Crippen LogP contribution is 2.20.